The molecule has 5 nitrogen and oxygen atoms in total. The first-order valence-electron chi connectivity index (χ1n) is 9.18. The molecule has 0 fully saturated rings. The van der Waals surface area contributed by atoms with Gasteiger partial charge in [-0.1, -0.05) is 37.6 Å². The van der Waals surface area contributed by atoms with Crippen molar-refractivity contribution in [2.24, 2.45) is 5.92 Å². The van der Waals surface area contributed by atoms with Gasteiger partial charge in [0.15, 0.2) is 0 Å². The number of nitrogens with zero attached hydrogens (tertiary/aromatic N) is 2. The molecule has 0 saturated carbocycles. The Hall–Kier alpha value is -2.79. The molecule has 0 unspecified atom stereocenters. The van der Waals surface area contributed by atoms with Gasteiger partial charge >= 0.3 is 0 Å². The van der Waals surface area contributed by atoms with E-state index in [0.29, 0.717) is 28.4 Å². The largest absolute Gasteiger partial charge is 0.378 e. The summed E-state index contributed by atoms with van der Waals surface area (Å²) in [4.78, 5) is 29.4. The molecule has 1 aliphatic rings. The minimum Gasteiger partial charge on any atom is -0.378 e. The lowest BCUT2D eigenvalue weighted by molar-refractivity contribution is -0.137. The van der Waals surface area contributed by atoms with Gasteiger partial charge in [0.05, 0.1) is 5.57 Å². The highest BCUT2D eigenvalue weighted by atomic mass is 35.5. The van der Waals surface area contributed by atoms with Gasteiger partial charge in [0.25, 0.3) is 11.8 Å². The van der Waals surface area contributed by atoms with Crippen LogP contribution in [0.25, 0.3) is 5.57 Å². The van der Waals surface area contributed by atoms with Gasteiger partial charge in [-0.2, -0.15) is 0 Å². The maximum Gasteiger partial charge on any atom is 0.278 e. The summed E-state index contributed by atoms with van der Waals surface area (Å²) in [6, 6.07) is 14.7. The molecule has 28 heavy (non-hydrogen) atoms. The highest BCUT2D eigenvalue weighted by Gasteiger charge is 2.39. The Balaban J connectivity index is 2.01. The molecule has 2 aromatic carbocycles. The topological polar surface area (TPSA) is 52.7 Å². The van der Waals surface area contributed by atoms with Crippen LogP contribution in [0, 0.1) is 5.92 Å². The summed E-state index contributed by atoms with van der Waals surface area (Å²) in [6.07, 6.45) is 0. The molecule has 0 radical (unpaired) electrons. The van der Waals surface area contributed by atoms with Crippen LogP contribution in [0.15, 0.2) is 54.2 Å². The Kier molecular flexibility index (Phi) is 5.75. The highest BCUT2D eigenvalue weighted by Crippen LogP contribution is 2.32. The van der Waals surface area contributed by atoms with Crippen molar-refractivity contribution in [1.82, 2.24) is 4.90 Å². The van der Waals surface area contributed by atoms with Crippen LogP contribution in [-0.4, -0.2) is 37.4 Å². The van der Waals surface area contributed by atoms with E-state index >= 15 is 0 Å². The maximum atomic E-state index is 13.0. The standard InChI is InChI=1S/C22H24ClN3O2/c1-14(2)13-26-21(27)19(15-5-7-16(23)8-6-15)20(22(26)28)24-17-9-11-18(12-10-17)25(3)4/h5-12,14,24H,13H2,1-4H3. The third-order valence-electron chi connectivity index (χ3n) is 4.50. The second-order valence-electron chi connectivity index (χ2n) is 7.44. The molecule has 1 aliphatic heterocycles. The number of carbonyl (C=O) groups excluding carboxylic acids is 2. The number of halogens is 1. The molecule has 1 heterocycles. The number of carbonyl (C=O) groups is 2. The summed E-state index contributed by atoms with van der Waals surface area (Å²) in [5.41, 5.74) is 3.14. The van der Waals surface area contributed by atoms with E-state index in [9.17, 15) is 9.59 Å². The number of hydrogen-bond acceptors (Lipinski definition) is 4. The molecule has 0 atom stereocenters. The quantitative estimate of drug-likeness (QED) is 0.740. The smallest absolute Gasteiger partial charge is 0.278 e. The summed E-state index contributed by atoms with van der Waals surface area (Å²) in [5, 5.41) is 3.75. The molecule has 6 heteroatoms. The van der Waals surface area contributed by atoms with Crippen LogP contribution in [0.1, 0.15) is 19.4 Å². The van der Waals surface area contributed by atoms with Crippen molar-refractivity contribution in [2.45, 2.75) is 13.8 Å². The first-order chi connectivity index (χ1) is 13.3. The maximum absolute atomic E-state index is 13.0. The fourth-order valence-corrected chi connectivity index (χ4v) is 3.22. The zero-order valence-corrected chi connectivity index (χ0v) is 17.2. The molecule has 0 aliphatic carbocycles. The molecule has 146 valence electrons. The molecule has 0 spiro atoms. The number of rotatable bonds is 6. The normalized spacial score (nSPS) is 14.3. The van der Waals surface area contributed by atoms with Gasteiger partial charge in [-0.25, -0.2) is 0 Å². The lowest BCUT2D eigenvalue weighted by Gasteiger charge is -2.17. The van der Waals surface area contributed by atoms with E-state index in [4.69, 9.17) is 11.6 Å². The van der Waals surface area contributed by atoms with Gasteiger partial charge in [0, 0.05) is 37.0 Å². The van der Waals surface area contributed by atoms with E-state index < -0.39 is 0 Å². The van der Waals surface area contributed by atoms with Gasteiger partial charge in [-0.15, -0.1) is 0 Å². The first-order valence-corrected chi connectivity index (χ1v) is 9.56. The van der Waals surface area contributed by atoms with Gasteiger partial charge < -0.3 is 10.2 Å². The van der Waals surface area contributed by atoms with E-state index in [1.807, 2.05) is 57.1 Å². The zero-order valence-electron chi connectivity index (χ0n) is 16.5. The molecule has 2 aromatic rings. The van der Waals surface area contributed by atoms with Crippen LogP contribution in [-0.2, 0) is 9.59 Å². The van der Waals surface area contributed by atoms with E-state index in [1.54, 1.807) is 24.3 Å². The third kappa shape index (κ3) is 4.04. The highest BCUT2D eigenvalue weighted by molar-refractivity contribution is 6.36. The van der Waals surface area contributed by atoms with Gasteiger partial charge in [-0.05, 0) is 47.9 Å². The Morgan fingerprint density at radius 2 is 1.57 bits per heavy atom. The predicted molar refractivity (Wildman–Crippen MR) is 114 cm³/mol. The number of amides is 2. The van der Waals surface area contributed by atoms with Crippen molar-refractivity contribution in [1.29, 1.82) is 0 Å². The third-order valence-corrected chi connectivity index (χ3v) is 4.75. The van der Waals surface area contributed by atoms with Crippen LogP contribution in [0.5, 0.6) is 0 Å². The van der Waals surface area contributed by atoms with Gasteiger partial charge in [0.2, 0.25) is 0 Å². The van der Waals surface area contributed by atoms with Crippen LogP contribution >= 0.6 is 11.6 Å². The summed E-state index contributed by atoms with van der Waals surface area (Å²) in [5.74, 6) is -0.410. The molecular formula is C22H24ClN3O2. The van der Waals surface area contributed by atoms with Crippen LogP contribution in [0.3, 0.4) is 0 Å². The Bertz CT molecular complexity index is 916. The van der Waals surface area contributed by atoms with E-state index in [0.717, 1.165) is 11.4 Å². The minimum atomic E-state index is -0.305. The monoisotopic (exact) mass is 397 g/mol. The van der Waals surface area contributed by atoms with Crippen molar-refractivity contribution in [3.8, 4) is 0 Å². The predicted octanol–water partition coefficient (Wildman–Crippen LogP) is 4.25. The summed E-state index contributed by atoms with van der Waals surface area (Å²) < 4.78 is 0. The second-order valence-corrected chi connectivity index (χ2v) is 7.87. The fraction of sp³-hybridized carbons (Fsp3) is 0.273. The van der Waals surface area contributed by atoms with Crippen LogP contribution in [0.4, 0.5) is 11.4 Å². The molecular weight excluding hydrogens is 374 g/mol. The number of nitrogens with one attached hydrogen (secondary N) is 1. The fourth-order valence-electron chi connectivity index (χ4n) is 3.09. The number of benzene rings is 2. The van der Waals surface area contributed by atoms with Crippen molar-refractivity contribution in [3.63, 3.8) is 0 Å². The molecule has 3 rings (SSSR count). The lowest BCUT2D eigenvalue weighted by atomic mass is 10.0. The summed E-state index contributed by atoms with van der Waals surface area (Å²) in [6.45, 7) is 4.33. The molecule has 0 aromatic heterocycles. The van der Waals surface area contributed by atoms with E-state index in [2.05, 4.69) is 5.32 Å². The van der Waals surface area contributed by atoms with Crippen LogP contribution in [0.2, 0.25) is 5.02 Å². The molecule has 1 N–H and O–H groups in total. The first kappa shape index (κ1) is 20.0. The SMILES string of the molecule is CC(C)CN1C(=O)C(Nc2ccc(N(C)C)cc2)=C(c2ccc(Cl)cc2)C1=O. The van der Waals surface area contributed by atoms with Crippen molar-refractivity contribution in [2.75, 3.05) is 30.9 Å². The number of imide groups is 1. The van der Waals surface area contributed by atoms with Crippen molar-refractivity contribution < 1.29 is 9.59 Å². The second kappa shape index (κ2) is 8.07. The molecule has 0 bridgehead atoms. The van der Waals surface area contributed by atoms with Crippen molar-refractivity contribution >= 4 is 40.4 Å². The number of anilines is 2. The Morgan fingerprint density at radius 3 is 2.11 bits per heavy atom. The van der Waals surface area contributed by atoms with Crippen molar-refractivity contribution in [3.05, 3.63) is 64.8 Å². The average molecular weight is 398 g/mol. The van der Waals surface area contributed by atoms with E-state index in [1.165, 1.54) is 4.90 Å². The lowest BCUT2D eigenvalue weighted by Crippen LogP contribution is -2.35. The average Bonchev–Trinajstić information content (AvgIpc) is 2.87. The Morgan fingerprint density at radius 1 is 0.964 bits per heavy atom. The Labute approximate surface area is 170 Å². The summed E-state index contributed by atoms with van der Waals surface area (Å²) in [7, 11) is 3.93. The molecule has 0 saturated heterocycles. The van der Waals surface area contributed by atoms with Gasteiger partial charge in [-0.3, -0.25) is 14.5 Å². The zero-order chi connectivity index (χ0) is 20.4. The summed E-state index contributed by atoms with van der Waals surface area (Å²) >= 11 is 5.99. The number of hydrogen-bond donors (Lipinski definition) is 1. The van der Waals surface area contributed by atoms with Crippen LogP contribution < -0.4 is 10.2 Å². The van der Waals surface area contributed by atoms with E-state index in [-0.39, 0.29) is 17.7 Å². The van der Waals surface area contributed by atoms with Gasteiger partial charge in [0.1, 0.15) is 5.70 Å². The molecule has 2 amide bonds. The minimum absolute atomic E-state index is 0.179.